The van der Waals surface area contributed by atoms with E-state index in [0.29, 0.717) is 22.0 Å². The van der Waals surface area contributed by atoms with Gasteiger partial charge < -0.3 is 10.4 Å². The summed E-state index contributed by atoms with van der Waals surface area (Å²) in [5.41, 5.74) is 1.39. The van der Waals surface area contributed by atoms with Gasteiger partial charge in [0, 0.05) is 11.8 Å². The molecule has 0 aromatic carbocycles. The minimum absolute atomic E-state index is 0.205. The van der Waals surface area contributed by atoms with Crippen LogP contribution < -0.4 is 5.32 Å². The molecule has 0 aliphatic heterocycles. The number of nitrogens with zero attached hydrogens (tertiary/aromatic N) is 2. The Morgan fingerprint density at radius 3 is 2.95 bits per heavy atom. The van der Waals surface area contributed by atoms with Gasteiger partial charge in [0.05, 0.1) is 10.7 Å². The molecule has 2 heterocycles. The lowest BCUT2D eigenvalue weighted by Gasteiger charge is -2.03. The van der Waals surface area contributed by atoms with Crippen LogP contribution in [0.4, 0.5) is 5.82 Å². The molecule has 0 aliphatic rings. The van der Waals surface area contributed by atoms with Crippen molar-refractivity contribution in [1.82, 2.24) is 9.97 Å². The topological polar surface area (TPSA) is 75.1 Å². The highest BCUT2D eigenvalue weighted by molar-refractivity contribution is 7.13. The van der Waals surface area contributed by atoms with Gasteiger partial charge in [-0.2, -0.15) is 0 Å². The Hall–Kier alpha value is -2.23. The summed E-state index contributed by atoms with van der Waals surface area (Å²) in [6, 6.07) is 3.37. The smallest absolute Gasteiger partial charge is 0.268 e. The second-order valence-electron chi connectivity index (χ2n) is 3.99. The molecule has 0 saturated carbocycles. The Balaban J connectivity index is 2.17. The molecule has 0 aliphatic carbocycles. The minimum atomic E-state index is -0.229. The van der Waals surface area contributed by atoms with Gasteiger partial charge in [0.1, 0.15) is 17.3 Å². The summed E-state index contributed by atoms with van der Waals surface area (Å²) in [5, 5.41) is 12.2. The molecule has 0 radical (unpaired) electrons. The number of thiazole rings is 1. The molecule has 1 amide bonds. The summed E-state index contributed by atoms with van der Waals surface area (Å²) >= 11 is 1.35. The summed E-state index contributed by atoms with van der Waals surface area (Å²) in [4.78, 5) is 21.0. The molecule has 0 bridgehead atoms. The number of nitrogens with one attached hydrogen (secondary N) is 1. The molecule has 0 spiro atoms. The number of carbonyl (C=O) groups excluding carboxylic acids is 1. The first-order chi connectivity index (χ1) is 9.60. The highest BCUT2D eigenvalue weighted by atomic mass is 32.1. The zero-order chi connectivity index (χ0) is 14.5. The largest absolute Gasteiger partial charge is 0.384 e. The molecule has 6 heteroatoms. The lowest BCUT2D eigenvalue weighted by molar-refractivity contribution is 0.102. The predicted molar refractivity (Wildman–Crippen MR) is 77.7 cm³/mol. The SMILES string of the molecule is Cc1nc(C)c(C(=O)Nc2cc(C#CCO)ccn2)s1. The van der Waals surface area contributed by atoms with Crippen molar-refractivity contribution in [1.29, 1.82) is 0 Å². The molecule has 0 unspecified atom stereocenters. The maximum atomic E-state index is 12.1. The lowest BCUT2D eigenvalue weighted by Crippen LogP contribution is -2.12. The van der Waals surface area contributed by atoms with Crippen molar-refractivity contribution < 1.29 is 9.90 Å². The first kappa shape index (κ1) is 14.2. The van der Waals surface area contributed by atoms with Crippen molar-refractivity contribution >= 4 is 23.1 Å². The average Bonchev–Trinajstić information content (AvgIpc) is 2.76. The molecule has 20 heavy (non-hydrogen) atoms. The van der Waals surface area contributed by atoms with Gasteiger partial charge in [-0.3, -0.25) is 4.79 Å². The molecular formula is C14H13N3O2S. The third kappa shape index (κ3) is 3.41. The zero-order valence-electron chi connectivity index (χ0n) is 11.1. The summed E-state index contributed by atoms with van der Waals surface area (Å²) in [6.07, 6.45) is 1.56. The second-order valence-corrected chi connectivity index (χ2v) is 5.19. The number of aliphatic hydroxyl groups is 1. The molecule has 102 valence electrons. The quantitative estimate of drug-likeness (QED) is 0.825. The van der Waals surface area contributed by atoms with Gasteiger partial charge in [-0.15, -0.1) is 11.3 Å². The molecule has 0 saturated heterocycles. The van der Waals surface area contributed by atoms with E-state index in [1.165, 1.54) is 11.3 Å². The standard InChI is InChI=1S/C14H13N3O2S/c1-9-13(20-10(2)16-9)14(19)17-12-8-11(4-3-7-18)5-6-15-12/h5-6,8,18H,7H2,1-2H3,(H,15,17,19). The van der Waals surface area contributed by atoms with Crippen molar-refractivity contribution in [3.8, 4) is 11.8 Å². The van der Waals surface area contributed by atoms with Gasteiger partial charge in [0.15, 0.2) is 0 Å². The van der Waals surface area contributed by atoms with E-state index in [4.69, 9.17) is 5.11 Å². The van der Waals surface area contributed by atoms with Crippen molar-refractivity contribution in [2.45, 2.75) is 13.8 Å². The van der Waals surface area contributed by atoms with E-state index in [2.05, 4.69) is 27.1 Å². The third-order valence-electron chi connectivity index (χ3n) is 2.42. The number of pyridine rings is 1. The number of rotatable bonds is 2. The van der Waals surface area contributed by atoms with E-state index < -0.39 is 0 Å². The number of hydrogen-bond donors (Lipinski definition) is 2. The predicted octanol–water partition coefficient (Wildman–Crippen LogP) is 1.75. The van der Waals surface area contributed by atoms with Gasteiger partial charge in [0.2, 0.25) is 0 Å². The number of amides is 1. The monoisotopic (exact) mass is 287 g/mol. The Bertz CT molecular complexity index is 698. The molecule has 2 N–H and O–H groups in total. The molecule has 5 nitrogen and oxygen atoms in total. The van der Waals surface area contributed by atoms with Crippen molar-refractivity contribution in [2.75, 3.05) is 11.9 Å². The van der Waals surface area contributed by atoms with Crippen molar-refractivity contribution in [2.24, 2.45) is 0 Å². The van der Waals surface area contributed by atoms with Gasteiger partial charge in [-0.25, -0.2) is 9.97 Å². The molecule has 2 rings (SSSR count). The Morgan fingerprint density at radius 2 is 2.30 bits per heavy atom. The van der Waals surface area contributed by atoms with E-state index in [-0.39, 0.29) is 12.5 Å². The van der Waals surface area contributed by atoms with Crippen molar-refractivity contribution in [3.63, 3.8) is 0 Å². The number of aromatic nitrogens is 2. The Kier molecular flexibility index (Phi) is 4.45. The van der Waals surface area contributed by atoms with E-state index >= 15 is 0 Å². The van der Waals surface area contributed by atoms with Crippen LogP contribution in [0.1, 0.15) is 25.9 Å². The highest BCUT2D eigenvalue weighted by Crippen LogP contribution is 2.18. The fourth-order valence-corrected chi connectivity index (χ4v) is 2.45. The second kappa shape index (κ2) is 6.28. The van der Waals surface area contributed by atoms with Gasteiger partial charge in [-0.05, 0) is 26.0 Å². The molecule has 2 aromatic rings. The summed E-state index contributed by atoms with van der Waals surface area (Å²) in [6.45, 7) is 3.45. The van der Waals surface area contributed by atoms with Crippen LogP contribution in [0.5, 0.6) is 0 Å². The number of aryl methyl sites for hydroxylation is 2. The van der Waals surface area contributed by atoms with E-state index in [0.717, 1.165) is 5.01 Å². The van der Waals surface area contributed by atoms with Crippen LogP contribution in [-0.4, -0.2) is 27.6 Å². The number of hydrogen-bond acceptors (Lipinski definition) is 5. The van der Waals surface area contributed by atoms with Gasteiger partial charge in [0.25, 0.3) is 5.91 Å². The van der Waals surface area contributed by atoms with Crippen molar-refractivity contribution in [3.05, 3.63) is 39.5 Å². The van der Waals surface area contributed by atoms with Crippen LogP contribution >= 0.6 is 11.3 Å². The number of carbonyl (C=O) groups is 1. The van der Waals surface area contributed by atoms with Crippen LogP contribution in [0, 0.1) is 25.7 Å². The fraction of sp³-hybridized carbons (Fsp3) is 0.214. The third-order valence-corrected chi connectivity index (χ3v) is 3.49. The molecular weight excluding hydrogens is 274 g/mol. The normalized spacial score (nSPS) is 9.75. The average molecular weight is 287 g/mol. The maximum Gasteiger partial charge on any atom is 0.268 e. The van der Waals surface area contributed by atoms with Crippen LogP contribution in [0.2, 0.25) is 0 Å². The molecule has 2 aromatic heterocycles. The van der Waals surface area contributed by atoms with E-state index in [9.17, 15) is 4.79 Å². The minimum Gasteiger partial charge on any atom is -0.384 e. The maximum absolute atomic E-state index is 12.1. The van der Waals surface area contributed by atoms with Crippen LogP contribution in [0.3, 0.4) is 0 Å². The van der Waals surface area contributed by atoms with Crippen LogP contribution in [-0.2, 0) is 0 Å². The van der Waals surface area contributed by atoms with Crippen LogP contribution in [0.25, 0.3) is 0 Å². The number of anilines is 1. The molecule has 0 atom stereocenters. The first-order valence-corrected chi connectivity index (χ1v) is 6.73. The fourth-order valence-electron chi connectivity index (χ4n) is 1.63. The van der Waals surface area contributed by atoms with Crippen LogP contribution in [0.15, 0.2) is 18.3 Å². The first-order valence-electron chi connectivity index (χ1n) is 5.91. The lowest BCUT2D eigenvalue weighted by atomic mass is 10.2. The Morgan fingerprint density at radius 1 is 1.50 bits per heavy atom. The summed E-state index contributed by atoms with van der Waals surface area (Å²) in [5.74, 6) is 5.50. The van der Waals surface area contributed by atoms with E-state index in [1.54, 1.807) is 25.3 Å². The molecule has 0 fully saturated rings. The Labute approximate surface area is 120 Å². The zero-order valence-corrected chi connectivity index (χ0v) is 11.9. The summed E-state index contributed by atoms with van der Waals surface area (Å²) in [7, 11) is 0. The van der Waals surface area contributed by atoms with Gasteiger partial charge in [-0.1, -0.05) is 11.8 Å². The van der Waals surface area contributed by atoms with E-state index in [1.807, 2.05) is 6.92 Å². The number of aliphatic hydroxyl groups excluding tert-OH is 1. The van der Waals surface area contributed by atoms with Gasteiger partial charge >= 0.3 is 0 Å². The highest BCUT2D eigenvalue weighted by Gasteiger charge is 2.14. The summed E-state index contributed by atoms with van der Waals surface area (Å²) < 4.78 is 0.